The second-order valence-corrected chi connectivity index (χ2v) is 38.2. The summed E-state index contributed by atoms with van der Waals surface area (Å²) in [6, 6.07) is 56.1. The summed E-state index contributed by atoms with van der Waals surface area (Å²) in [4.78, 5) is 11.4. The molecule has 16 rings (SSSR count). The molecule has 0 radical (unpaired) electrons. The highest BCUT2D eigenvalue weighted by molar-refractivity contribution is 7.37. The van der Waals surface area contributed by atoms with Crippen molar-refractivity contribution in [2.75, 3.05) is 0 Å². The van der Waals surface area contributed by atoms with Crippen LogP contribution in [0.5, 0.6) is 0 Å². The van der Waals surface area contributed by atoms with Crippen LogP contribution in [-0.2, 0) is 49.4 Å². The van der Waals surface area contributed by atoms with Gasteiger partial charge in [-0.3, -0.25) is 0 Å². The number of fused-ring (bicyclic) bond motifs is 15. The molecule has 0 saturated heterocycles. The number of allylic oxidation sites excluding steroid dienone is 8. The minimum absolute atomic E-state index is 0.00703. The van der Waals surface area contributed by atoms with E-state index in [-0.39, 0.29) is 5.70 Å². The van der Waals surface area contributed by atoms with Crippen LogP contribution in [-0.4, -0.2) is 0 Å². The second kappa shape index (κ2) is 32.5. The smallest absolute Gasteiger partial charge is 0.226 e. The summed E-state index contributed by atoms with van der Waals surface area (Å²) in [5.41, 5.74) is 22.8. The number of nitriles is 2. The van der Waals surface area contributed by atoms with E-state index in [1.54, 1.807) is 23.5 Å². The summed E-state index contributed by atoms with van der Waals surface area (Å²) in [5.74, 6) is 0. The molecule has 12 aromatic rings. The Hall–Kier alpha value is -7.63. The lowest BCUT2D eigenvalue weighted by Gasteiger charge is -2.39. The van der Waals surface area contributed by atoms with E-state index in [2.05, 4.69) is 179 Å². The summed E-state index contributed by atoms with van der Waals surface area (Å²) in [5, 5.41) is 22.6. The van der Waals surface area contributed by atoms with Crippen LogP contribution in [0.2, 0.25) is 20.1 Å². The fraction of sp³-hybridized carbons (Fsp3) is 0.289. The van der Waals surface area contributed by atoms with Gasteiger partial charge in [0.15, 0.2) is 0 Å². The third-order valence-electron chi connectivity index (χ3n) is 23.5. The van der Waals surface area contributed by atoms with Gasteiger partial charge in [0.1, 0.15) is 0 Å². The number of thiophene rings is 6. The molecule has 13 heteroatoms. The van der Waals surface area contributed by atoms with Gasteiger partial charge in [-0.2, -0.15) is 5.26 Å². The van der Waals surface area contributed by atoms with Gasteiger partial charge in [-0.25, -0.2) is 10.1 Å². The second-order valence-electron chi connectivity index (χ2n) is 30.3. The molecule has 0 saturated carbocycles. The van der Waals surface area contributed by atoms with Crippen molar-refractivity contribution in [3.05, 3.63) is 300 Å². The molecule has 0 atom stereocenters. The number of nitrogens with zero attached hydrogens (tertiary/aromatic N) is 3. The van der Waals surface area contributed by atoms with Crippen LogP contribution < -0.4 is 0 Å². The van der Waals surface area contributed by atoms with Crippen molar-refractivity contribution >= 4 is 177 Å². The zero-order valence-corrected chi connectivity index (χ0v) is 70.6. The Morgan fingerprint density at radius 3 is 1.15 bits per heavy atom. The number of halogens is 4. The highest BCUT2D eigenvalue weighted by Gasteiger charge is 2.51. The largest absolute Gasteiger partial charge is 0.270 e. The monoisotopic (exact) mass is 1620 g/mol. The van der Waals surface area contributed by atoms with E-state index in [0.717, 1.165) is 87.3 Å². The molecule has 0 bridgehead atoms. The zero-order chi connectivity index (χ0) is 76.1. The number of hydrogen-bond donors (Lipinski definition) is 0. The highest BCUT2D eigenvalue weighted by atomic mass is 35.5. The Morgan fingerprint density at radius 1 is 0.427 bits per heavy atom. The fourth-order valence-corrected chi connectivity index (χ4v) is 27.1. The maximum absolute atomic E-state index is 10.6. The van der Waals surface area contributed by atoms with E-state index in [9.17, 15) is 10.5 Å². The molecule has 0 spiro atoms. The van der Waals surface area contributed by atoms with Gasteiger partial charge < -0.3 is 0 Å². The van der Waals surface area contributed by atoms with E-state index in [0.29, 0.717) is 36.8 Å². The average Bonchev–Trinajstić information content (AvgIpc) is 1.50. The molecule has 3 nitrogen and oxygen atoms in total. The molecule has 110 heavy (non-hydrogen) atoms. The molecule has 6 aromatic carbocycles. The Labute approximate surface area is 692 Å². The number of unbranched alkanes of at least 4 members (excludes halogenated alkanes) is 12. The van der Waals surface area contributed by atoms with Gasteiger partial charge in [-0.15, -0.1) is 68.0 Å². The topological polar surface area (TPSA) is 51.9 Å². The molecule has 0 amide bonds. The third kappa shape index (κ3) is 13.7. The van der Waals surface area contributed by atoms with Crippen LogP contribution in [0.4, 0.5) is 0 Å². The Morgan fingerprint density at radius 2 is 0.782 bits per heavy atom. The number of benzene rings is 6. The van der Waals surface area contributed by atoms with Gasteiger partial charge in [0.25, 0.3) is 5.70 Å². The predicted octanol–water partition coefficient (Wildman–Crippen LogP) is 32.0. The van der Waals surface area contributed by atoms with E-state index in [1.807, 2.05) is 74.9 Å². The molecule has 0 unspecified atom stereocenters. The van der Waals surface area contributed by atoms with Gasteiger partial charge in [0, 0.05) is 66.7 Å². The first-order valence-corrected chi connectivity index (χ1v) is 45.6. The first kappa shape index (κ1) is 76.4. The van der Waals surface area contributed by atoms with Crippen molar-refractivity contribution in [3.63, 3.8) is 0 Å². The van der Waals surface area contributed by atoms with E-state index < -0.39 is 10.8 Å². The van der Waals surface area contributed by atoms with Crippen molar-refractivity contribution in [3.8, 4) is 31.6 Å². The van der Waals surface area contributed by atoms with Gasteiger partial charge >= 0.3 is 0 Å². The maximum atomic E-state index is 10.6. The molecule has 0 N–H and O–H groups in total. The minimum Gasteiger partial charge on any atom is -0.226 e. The van der Waals surface area contributed by atoms with Crippen LogP contribution in [0, 0.1) is 29.2 Å². The maximum Gasteiger partial charge on any atom is 0.270 e. The first-order chi connectivity index (χ1) is 53.7. The van der Waals surface area contributed by atoms with Crippen molar-refractivity contribution in [1.29, 1.82) is 10.5 Å². The standard InChI is InChI=1S/C97H85Cl4N3S6/c1-8-12-16-20-24-59-28-36-63(37-29-59)96(64-38-30-60(31-39-64)25-21-17-13-9-2)54-76-88-89(109-90(76)94-86(96)92-83(107-94)48-67(105-92)46-70-57(5)71-50-78(98)80(100)52-74(71)69(70)44-45-102)77-55-97(65-40-32-61(33-41-65)26-22-18-14-10-3,66-42-34-62(35-43-66)27-23-19-15-11-4)87-93-84(108-95(87)91(77)110-88)49-68(106-93)47-73-58(6)72-51-79(99)81(101)53-75(72)85(73)82(56-103)104-7/h28-44,46-53H,5-6,8-27,54-55H2,1-4H3/b69-44+,70-46+,73-47+,85-82+. The molecule has 552 valence electrons. The summed E-state index contributed by atoms with van der Waals surface area (Å²) in [7, 11) is 0. The van der Waals surface area contributed by atoms with Crippen molar-refractivity contribution in [2.24, 2.45) is 0 Å². The molecule has 6 heterocycles. The normalized spacial score (nSPS) is 16.1. The third-order valence-corrected chi connectivity index (χ3v) is 32.7. The van der Waals surface area contributed by atoms with Crippen LogP contribution >= 0.6 is 114 Å². The van der Waals surface area contributed by atoms with Crippen LogP contribution in [0.25, 0.3) is 87.0 Å². The molecular weight excluding hydrogens is 1540 g/mol. The Kier molecular flexibility index (Phi) is 22.5. The van der Waals surface area contributed by atoms with Crippen LogP contribution in [0.15, 0.2) is 170 Å². The molecule has 4 aliphatic carbocycles. The SMILES string of the molecule is [C-]#[N+]/C(C#N)=C1\C(=C\c2cc3sc4c(c3s2)C(c2ccc(CCCCCC)cc2)(c2ccc(CCCCCC)cc2)Cc2c-4sc3c4c(sc23)-c2sc3cc(/C=C5\C(=C)c6cc(Cl)c(Cl)cc6\C5=C\C#N)sc3c2C(c2ccc(CCCCCC)cc2)(c2ccc(CCCCCC)cc2)C4)C(=C)c2cc(Cl)c(Cl)cc21. The van der Waals surface area contributed by atoms with Crippen molar-refractivity contribution in [2.45, 2.75) is 180 Å². The number of rotatable bonds is 26. The quantitative estimate of drug-likeness (QED) is 0.0308. The summed E-state index contributed by atoms with van der Waals surface area (Å²) >= 11 is 38.5. The summed E-state index contributed by atoms with van der Waals surface area (Å²) in [6.07, 6.45) is 31.1. The lowest BCUT2D eigenvalue weighted by Crippen LogP contribution is -2.34. The molecule has 0 fully saturated rings. The van der Waals surface area contributed by atoms with Gasteiger partial charge in [-0.05, 0) is 213 Å². The van der Waals surface area contributed by atoms with E-state index >= 15 is 0 Å². The number of aryl methyl sites for hydroxylation is 4. The minimum atomic E-state index is -0.617. The predicted molar refractivity (Wildman–Crippen MR) is 481 cm³/mol. The molecule has 0 aliphatic heterocycles. The van der Waals surface area contributed by atoms with Gasteiger partial charge in [0.2, 0.25) is 0 Å². The first-order valence-electron chi connectivity index (χ1n) is 39.2. The van der Waals surface area contributed by atoms with Crippen molar-refractivity contribution < 1.29 is 0 Å². The van der Waals surface area contributed by atoms with Crippen LogP contribution in [0.1, 0.15) is 229 Å². The molecule has 4 aliphatic rings. The lowest BCUT2D eigenvalue weighted by molar-refractivity contribution is 0.616. The van der Waals surface area contributed by atoms with Gasteiger partial charge in [0.05, 0.1) is 68.8 Å². The lowest BCUT2D eigenvalue weighted by atomic mass is 9.63. The summed E-state index contributed by atoms with van der Waals surface area (Å²) in [6.45, 7) is 26.7. The Bertz CT molecular complexity index is 5780. The average molecular weight is 1630 g/mol. The van der Waals surface area contributed by atoms with Crippen molar-refractivity contribution in [1.82, 2.24) is 0 Å². The highest BCUT2D eigenvalue weighted by Crippen LogP contribution is 2.67. The van der Waals surface area contributed by atoms with E-state index in [1.165, 1.54) is 217 Å². The molecule has 6 aromatic heterocycles. The summed E-state index contributed by atoms with van der Waals surface area (Å²) < 4.78 is 7.80. The van der Waals surface area contributed by atoms with E-state index in [4.69, 9.17) is 53.0 Å². The zero-order valence-electron chi connectivity index (χ0n) is 62.7. The molecular formula is C97H85Cl4N3S6. The number of hydrogen-bond acceptors (Lipinski definition) is 8. The fourth-order valence-electron chi connectivity index (χ4n) is 17.8. The van der Waals surface area contributed by atoms with Gasteiger partial charge in [-0.1, -0.05) is 261 Å². The Balaban J connectivity index is 0.930. The van der Waals surface area contributed by atoms with Crippen LogP contribution in [0.3, 0.4) is 0 Å².